The highest BCUT2D eigenvalue weighted by molar-refractivity contribution is 9.10. The van der Waals surface area contributed by atoms with Gasteiger partial charge in [0.05, 0.1) is 32.4 Å². The number of hydrogen-bond acceptors (Lipinski definition) is 7. The van der Waals surface area contributed by atoms with E-state index in [-0.39, 0.29) is 0 Å². The molecule has 0 saturated heterocycles. The van der Waals surface area contributed by atoms with Crippen LogP contribution >= 0.6 is 15.9 Å². The number of ether oxygens (including phenoxy) is 6. The van der Waals surface area contributed by atoms with Gasteiger partial charge in [-0.3, -0.25) is 0 Å². The Kier molecular flexibility index (Phi) is 8.58. The summed E-state index contributed by atoms with van der Waals surface area (Å²) in [4.78, 5) is 0. The van der Waals surface area contributed by atoms with Gasteiger partial charge in [0, 0.05) is 19.8 Å². The van der Waals surface area contributed by atoms with E-state index < -0.39 is 12.4 Å². The van der Waals surface area contributed by atoms with Crippen molar-refractivity contribution in [2.75, 3.05) is 42.2 Å². The van der Waals surface area contributed by atoms with Crippen LogP contribution in [0.15, 0.2) is 28.7 Å². The molecule has 7 nitrogen and oxygen atoms in total. The van der Waals surface area contributed by atoms with E-state index in [1.165, 1.54) is 21.3 Å². The molecular weight excluding hydrogens is 444 g/mol. The van der Waals surface area contributed by atoms with Gasteiger partial charge in [-0.1, -0.05) is 0 Å². The van der Waals surface area contributed by atoms with Gasteiger partial charge in [-0.25, -0.2) is 0 Å². The zero-order valence-electron chi connectivity index (χ0n) is 17.4. The Morgan fingerprint density at radius 1 is 0.828 bits per heavy atom. The van der Waals surface area contributed by atoms with Gasteiger partial charge in [-0.15, -0.1) is 0 Å². The van der Waals surface area contributed by atoms with Crippen LogP contribution in [0.1, 0.15) is 36.0 Å². The van der Waals surface area contributed by atoms with Gasteiger partial charge in [0.25, 0.3) is 0 Å². The van der Waals surface area contributed by atoms with E-state index >= 15 is 0 Å². The Bertz CT molecular complexity index is 821. The first kappa shape index (κ1) is 23.3. The molecule has 0 aliphatic rings. The number of aliphatic hydroxyl groups excluding tert-OH is 1. The zero-order valence-corrected chi connectivity index (χ0v) is 19.0. The van der Waals surface area contributed by atoms with Crippen molar-refractivity contribution >= 4 is 15.9 Å². The molecule has 0 radical (unpaired) electrons. The van der Waals surface area contributed by atoms with Crippen molar-refractivity contribution in [3.63, 3.8) is 0 Å². The second kappa shape index (κ2) is 10.7. The minimum atomic E-state index is -1.02. The van der Waals surface area contributed by atoms with Gasteiger partial charge in [-0.05, 0) is 58.2 Å². The van der Waals surface area contributed by atoms with Crippen LogP contribution in [-0.4, -0.2) is 47.3 Å². The maximum absolute atomic E-state index is 11.2. The van der Waals surface area contributed by atoms with Crippen LogP contribution in [0.3, 0.4) is 0 Å². The smallest absolute Gasteiger partial charge is 0.183 e. The summed E-state index contributed by atoms with van der Waals surface area (Å²) in [7, 11) is 7.70. The molecule has 0 heterocycles. The van der Waals surface area contributed by atoms with Crippen LogP contribution in [0, 0.1) is 0 Å². The zero-order chi connectivity index (χ0) is 21.6. The average molecular weight is 471 g/mol. The molecule has 0 fully saturated rings. The average Bonchev–Trinajstić information content (AvgIpc) is 2.73. The van der Waals surface area contributed by atoms with Gasteiger partial charge in [0.1, 0.15) is 6.10 Å². The summed E-state index contributed by atoms with van der Waals surface area (Å²) in [5.41, 5.74) is 1.77. The van der Waals surface area contributed by atoms with Crippen molar-refractivity contribution in [1.29, 1.82) is 0 Å². The summed E-state index contributed by atoms with van der Waals surface area (Å²) in [6, 6.07) is 6.97. The molecule has 1 N–H and O–H groups in total. The maximum Gasteiger partial charge on any atom is 0.183 e. The van der Waals surface area contributed by atoms with E-state index in [2.05, 4.69) is 15.9 Å². The third-order valence-corrected chi connectivity index (χ3v) is 5.01. The highest BCUT2D eigenvalue weighted by Gasteiger charge is 2.25. The summed E-state index contributed by atoms with van der Waals surface area (Å²) in [5.74, 6) is 2.06. The maximum atomic E-state index is 11.2. The molecule has 0 aliphatic carbocycles. The Labute approximate surface area is 179 Å². The minimum absolute atomic E-state index is 0.463. The van der Waals surface area contributed by atoms with E-state index in [0.29, 0.717) is 50.8 Å². The molecule has 0 bridgehead atoms. The lowest BCUT2D eigenvalue weighted by Gasteiger charge is -2.24. The fourth-order valence-corrected chi connectivity index (χ4v) is 3.71. The summed E-state index contributed by atoms with van der Waals surface area (Å²) < 4.78 is 33.4. The topological polar surface area (TPSA) is 75.6 Å². The fourth-order valence-electron chi connectivity index (χ4n) is 3.09. The van der Waals surface area contributed by atoms with E-state index in [9.17, 15) is 5.11 Å². The third kappa shape index (κ3) is 4.95. The molecule has 2 rings (SSSR count). The summed E-state index contributed by atoms with van der Waals surface area (Å²) >= 11 is 3.46. The van der Waals surface area contributed by atoms with Crippen LogP contribution in [0.5, 0.6) is 23.0 Å². The first-order valence-corrected chi connectivity index (χ1v) is 9.74. The Morgan fingerprint density at radius 2 is 1.45 bits per heavy atom. The fraction of sp³-hybridized carbons (Fsp3) is 0.429. The molecule has 0 aromatic heterocycles. The van der Waals surface area contributed by atoms with Gasteiger partial charge in [-0.2, -0.15) is 0 Å². The van der Waals surface area contributed by atoms with Crippen molar-refractivity contribution in [3.8, 4) is 23.0 Å². The number of methoxy groups -OCH3 is 5. The summed E-state index contributed by atoms with van der Waals surface area (Å²) in [6.07, 6.45) is -1.72. The van der Waals surface area contributed by atoms with E-state index in [0.717, 1.165) is 0 Å². The number of hydrogen-bond donors (Lipinski definition) is 1. The lowest BCUT2D eigenvalue weighted by Crippen LogP contribution is -2.12. The lowest BCUT2D eigenvalue weighted by atomic mass is 9.95. The molecule has 2 aromatic carbocycles. The van der Waals surface area contributed by atoms with Crippen LogP contribution < -0.4 is 18.9 Å². The van der Waals surface area contributed by atoms with Gasteiger partial charge >= 0.3 is 0 Å². The molecule has 29 heavy (non-hydrogen) atoms. The number of aliphatic hydroxyl groups is 1. The molecular formula is C21H27BrO7. The summed E-state index contributed by atoms with van der Waals surface area (Å²) in [5, 5.41) is 11.2. The van der Waals surface area contributed by atoms with Gasteiger partial charge < -0.3 is 33.5 Å². The van der Waals surface area contributed by atoms with Crippen molar-refractivity contribution in [2.24, 2.45) is 0 Å². The second-order valence-corrected chi connectivity index (χ2v) is 6.86. The van der Waals surface area contributed by atoms with E-state index in [1.54, 1.807) is 38.5 Å². The third-order valence-electron chi connectivity index (χ3n) is 4.42. The van der Waals surface area contributed by atoms with Gasteiger partial charge in [0.15, 0.2) is 29.3 Å². The number of halogens is 1. The van der Waals surface area contributed by atoms with E-state index in [4.69, 9.17) is 28.4 Å². The molecule has 0 saturated carbocycles. The monoisotopic (exact) mass is 470 g/mol. The summed E-state index contributed by atoms with van der Waals surface area (Å²) in [6.45, 7) is 2.35. The van der Waals surface area contributed by atoms with Gasteiger partial charge in [0.2, 0.25) is 0 Å². The van der Waals surface area contributed by atoms with Crippen molar-refractivity contribution in [1.82, 2.24) is 0 Å². The highest BCUT2D eigenvalue weighted by Crippen LogP contribution is 2.42. The SMILES string of the molecule is CCOc1cc(C(OC)OC)c(C(O)c2cc(Br)c(OC)c(OC)c2)cc1OC. The molecule has 0 aliphatic heterocycles. The molecule has 160 valence electrons. The quantitative estimate of drug-likeness (QED) is 0.520. The standard InChI is InChI=1S/C21H27BrO7/c1-7-29-17-11-14(21(27-5)28-6)13(10-16(17)24-2)19(23)12-8-15(22)20(26-4)18(9-12)25-3/h8-11,19,21,23H,7H2,1-6H3. The molecule has 2 aromatic rings. The van der Waals surface area contributed by atoms with Crippen LogP contribution in [0.2, 0.25) is 0 Å². The van der Waals surface area contributed by atoms with Crippen molar-refractivity contribution < 1.29 is 33.5 Å². The normalized spacial score (nSPS) is 12.0. The number of benzene rings is 2. The van der Waals surface area contributed by atoms with E-state index in [1.807, 2.05) is 6.92 Å². The second-order valence-electron chi connectivity index (χ2n) is 6.01. The van der Waals surface area contributed by atoms with Crippen LogP contribution in [-0.2, 0) is 9.47 Å². The first-order valence-electron chi connectivity index (χ1n) is 8.95. The first-order chi connectivity index (χ1) is 13.9. The Hall–Kier alpha value is -2.00. The largest absolute Gasteiger partial charge is 0.493 e. The minimum Gasteiger partial charge on any atom is -0.493 e. The molecule has 0 amide bonds. The molecule has 1 unspecified atom stereocenters. The highest BCUT2D eigenvalue weighted by atomic mass is 79.9. The Balaban J connectivity index is 2.66. The lowest BCUT2D eigenvalue weighted by molar-refractivity contribution is -0.107. The molecule has 8 heteroatoms. The predicted molar refractivity (Wildman–Crippen MR) is 112 cm³/mol. The molecule has 1 atom stereocenters. The number of rotatable bonds is 10. The predicted octanol–water partition coefficient (Wildman–Crippen LogP) is 4.25. The van der Waals surface area contributed by atoms with Crippen LogP contribution in [0.25, 0.3) is 0 Å². The molecule has 0 spiro atoms. The van der Waals surface area contributed by atoms with Crippen LogP contribution in [0.4, 0.5) is 0 Å². The van der Waals surface area contributed by atoms with Crippen molar-refractivity contribution in [3.05, 3.63) is 45.4 Å². The van der Waals surface area contributed by atoms with Crippen molar-refractivity contribution in [2.45, 2.75) is 19.3 Å². The Morgan fingerprint density at radius 3 is 1.97 bits per heavy atom.